The molecule has 2 aromatic heterocycles. The SMILES string of the molecule is CN=C(NCCc1cc2ccccc2o1)N1CCN(c2nccn(C)c2=O)CC1.I. The lowest BCUT2D eigenvalue weighted by Crippen LogP contribution is -2.53. The molecule has 1 aromatic carbocycles. The van der Waals surface area contributed by atoms with Crippen LogP contribution in [0.2, 0.25) is 0 Å². The average molecular weight is 522 g/mol. The number of piperazine rings is 1. The topological polar surface area (TPSA) is 78.9 Å². The molecule has 9 heteroatoms. The van der Waals surface area contributed by atoms with Crippen LogP contribution in [0.25, 0.3) is 11.0 Å². The van der Waals surface area contributed by atoms with E-state index in [9.17, 15) is 4.79 Å². The van der Waals surface area contributed by atoms with Crippen molar-refractivity contribution in [1.82, 2.24) is 19.8 Å². The Morgan fingerprint density at radius 3 is 2.73 bits per heavy atom. The van der Waals surface area contributed by atoms with Crippen LogP contribution in [0.1, 0.15) is 5.76 Å². The van der Waals surface area contributed by atoms with Gasteiger partial charge in [0.1, 0.15) is 11.3 Å². The molecular formula is C21H27IN6O2. The molecule has 0 radical (unpaired) electrons. The molecule has 30 heavy (non-hydrogen) atoms. The van der Waals surface area contributed by atoms with E-state index < -0.39 is 0 Å². The zero-order chi connectivity index (χ0) is 20.2. The van der Waals surface area contributed by atoms with E-state index in [1.165, 1.54) is 0 Å². The number of furan rings is 1. The lowest BCUT2D eigenvalue weighted by Gasteiger charge is -2.36. The number of hydrogen-bond donors (Lipinski definition) is 1. The number of fused-ring (bicyclic) bond motifs is 1. The Morgan fingerprint density at radius 2 is 2.00 bits per heavy atom. The molecule has 3 aromatic rings. The van der Waals surface area contributed by atoms with Crippen LogP contribution in [-0.2, 0) is 13.5 Å². The number of aromatic nitrogens is 2. The summed E-state index contributed by atoms with van der Waals surface area (Å²) in [5, 5.41) is 4.55. The monoisotopic (exact) mass is 522 g/mol. The summed E-state index contributed by atoms with van der Waals surface area (Å²) in [6.07, 6.45) is 4.13. The fourth-order valence-corrected chi connectivity index (χ4v) is 3.62. The quantitative estimate of drug-likeness (QED) is 0.321. The number of halogens is 1. The number of benzene rings is 1. The van der Waals surface area contributed by atoms with Crippen LogP contribution < -0.4 is 15.8 Å². The van der Waals surface area contributed by atoms with Gasteiger partial charge in [-0.1, -0.05) is 18.2 Å². The van der Waals surface area contributed by atoms with Crippen LogP contribution in [0.15, 0.2) is 56.9 Å². The van der Waals surface area contributed by atoms with E-state index in [0.717, 1.165) is 61.8 Å². The van der Waals surface area contributed by atoms with Crippen LogP contribution >= 0.6 is 24.0 Å². The van der Waals surface area contributed by atoms with E-state index in [1.54, 1.807) is 31.1 Å². The predicted molar refractivity (Wildman–Crippen MR) is 130 cm³/mol. The second kappa shape index (κ2) is 9.96. The van der Waals surface area contributed by atoms with Gasteiger partial charge in [0.05, 0.1) is 0 Å². The predicted octanol–water partition coefficient (Wildman–Crippen LogP) is 2.08. The van der Waals surface area contributed by atoms with Gasteiger partial charge in [0.25, 0.3) is 5.56 Å². The summed E-state index contributed by atoms with van der Waals surface area (Å²) in [4.78, 5) is 25.2. The summed E-state index contributed by atoms with van der Waals surface area (Å²) in [7, 11) is 3.54. The largest absolute Gasteiger partial charge is 0.461 e. The highest BCUT2D eigenvalue weighted by atomic mass is 127. The Hall–Kier alpha value is -2.56. The van der Waals surface area contributed by atoms with Gasteiger partial charge in [0.2, 0.25) is 0 Å². The molecule has 1 N–H and O–H groups in total. The summed E-state index contributed by atoms with van der Waals surface area (Å²) in [5.74, 6) is 2.35. The highest BCUT2D eigenvalue weighted by Crippen LogP contribution is 2.18. The molecule has 1 aliphatic heterocycles. The van der Waals surface area contributed by atoms with Crippen molar-refractivity contribution in [3.8, 4) is 0 Å². The van der Waals surface area contributed by atoms with Gasteiger partial charge in [0, 0.05) is 71.0 Å². The van der Waals surface area contributed by atoms with E-state index in [1.807, 2.05) is 23.1 Å². The van der Waals surface area contributed by atoms with Crippen LogP contribution in [0.4, 0.5) is 5.82 Å². The minimum absolute atomic E-state index is 0. The maximum absolute atomic E-state index is 12.3. The molecule has 3 heterocycles. The molecule has 0 unspecified atom stereocenters. The smallest absolute Gasteiger partial charge is 0.293 e. The molecule has 0 aliphatic carbocycles. The molecular weight excluding hydrogens is 495 g/mol. The third-order valence-electron chi connectivity index (χ3n) is 5.22. The van der Waals surface area contributed by atoms with Gasteiger partial charge in [-0.15, -0.1) is 24.0 Å². The third-order valence-corrected chi connectivity index (χ3v) is 5.22. The number of nitrogens with one attached hydrogen (secondary N) is 1. The molecule has 160 valence electrons. The minimum atomic E-state index is -0.0608. The van der Waals surface area contributed by atoms with Gasteiger partial charge >= 0.3 is 0 Å². The molecule has 0 bridgehead atoms. The summed E-state index contributed by atoms with van der Waals surface area (Å²) >= 11 is 0. The van der Waals surface area contributed by atoms with Crippen LogP contribution in [0.5, 0.6) is 0 Å². The van der Waals surface area contributed by atoms with Crippen LogP contribution in [0.3, 0.4) is 0 Å². The lowest BCUT2D eigenvalue weighted by molar-refractivity contribution is 0.370. The molecule has 0 spiro atoms. The van der Waals surface area contributed by atoms with E-state index in [2.05, 4.69) is 32.3 Å². The fraction of sp³-hybridized carbons (Fsp3) is 0.381. The van der Waals surface area contributed by atoms with Crippen molar-refractivity contribution >= 4 is 46.7 Å². The highest BCUT2D eigenvalue weighted by molar-refractivity contribution is 14.0. The summed E-state index contributed by atoms with van der Waals surface area (Å²) in [6.45, 7) is 3.77. The summed E-state index contributed by atoms with van der Waals surface area (Å²) < 4.78 is 7.44. The summed E-state index contributed by atoms with van der Waals surface area (Å²) in [6, 6.07) is 10.1. The fourth-order valence-electron chi connectivity index (χ4n) is 3.62. The second-order valence-electron chi connectivity index (χ2n) is 7.12. The Kier molecular flexibility index (Phi) is 7.35. The zero-order valence-electron chi connectivity index (χ0n) is 17.2. The molecule has 8 nitrogen and oxygen atoms in total. The number of nitrogens with zero attached hydrogens (tertiary/aromatic N) is 5. The van der Waals surface area contributed by atoms with Gasteiger partial charge in [-0.05, 0) is 12.1 Å². The molecule has 4 rings (SSSR count). The number of hydrogen-bond acceptors (Lipinski definition) is 5. The van der Waals surface area contributed by atoms with Gasteiger partial charge < -0.3 is 24.1 Å². The first-order valence-corrected chi connectivity index (χ1v) is 9.85. The highest BCUT2D eigenvalue weighted by Gasteiger charge is 2.22. The van der Waals surface area contributed by atoms with Crippen molar-refractivity contribution < 1.29 is 4.42 Å². The van der Waals surface area contributed by atoms with Crippen molar-refractivity contribution in [2.75, 3.05) is 44.7 Å². The van der Waals surface area contributed by atoms with Gasteiger partial charge in [-0.2, -0.15) is 0 Å². The molecule has 0 saturated carbocycles. The number of anilines is 1. The van der Waals surface area contributed by atoms with Crippen molar-refractivity contribution in [1.29, 1.82) is 0 Å². The minimum Gasteiger partial charge on any atom is -0.461 e. The number of aryl methyl sites for hydroxylation is 1. The zero-order valence-corrected chi connectivity index (χ0v) is 19.6. The van der Waals surface area contributed by atoms with Crippen LogP contribution in [-0.4, -0.2) is 60.2 Å². The Labute approximate surface area is 192 Å². The number of para-hydroxylation sites is 1. The normalized spacial score (nSPS) is 14.7. The van der Waals surface area contributed by atoms with Gasteiger partial charge in [0.15, 0.2) is 11.8 Å². The first kappa shape index (κ1) is 22.1. The van der Waals surface area contributed by atoms with Crippen molar-refractivity contribution in [2.45, 2.75) is 6.42 Å². The molecule has 0 amide bonds. The molecule has 1 fully saturated rings. The van der Waals surface area contributed by atoms with Crippen molar-refractivity contribution in [3.05, 3.63) is 58.8 Å². The second-order valence-corrected chi connectivity index (χ2v) is 7.12. The molecule has 1 saturated heterocycles. The third kappa shape index (κ3) is 4.77. The first-order valence-electron chi connectivity index (χ1n) is 9.85. The Morgan fingerprint density at radius 1 is 1.23 bits per heavy atom. The van der Waals surface area contributed by atoms with E-state index in [0.29, 0.717) is 5.82 Å². The number of guanidine groups is 1. The maximum atomic E-state index is 12.3. The average Bonchev–Trinajstić information content (AvgIpc) is 3.16. The Balaban J connectivity index is 0.00000256. The molecule has 1 aliphatic rings. The number of rotatable bonds is 4. The van der Waals surface area contributed by atoms with E-state index >= 15 is 0 Å². The van der Waals surface area contributed by atoms with E-state index in [4.69, 9.17) is 4.42 Å². The summed E-state index contributed by atoms with van der Waals surface area (Å²) in [5.41, 5.74) is 0.859. The van der Waals surface area contributed by atoms with E-state index in [-0.39, 0.29) is 29.5 Å². The van der Waals surface area contributed by atoms with Crippen molar-refractivity contribution in [3.63, 3.8) is 0 Å². The standard InChI is InChI=1S/C21H26N6O2.HI/c1-22-21(24-8-7-17-15-16-5-3-4-6-18(16)29-17)27-13-11-26(12-14-27)19-20(28)25(2)10-9-23-19;/h3-6,9-10,15H,7-8,11-14H2,1-2H3,(H,22,24);1H. The molecule has 0 atom stereocenters. The maximum Gasteiger partial charge on any atom is 0.293 e. The first-order chi connectivity index (χ1) is 14.2. The van der Waals surface area contributed by atoms with Gasteiger partial charge in [-0.25, -0.2) is 4.98 Å². The van der Waals surface area contributed by atoms with Crippen molar-refractivity contribution in [2.24, 2.45) is 12.0 Å². The van der Waals surface area contributed by atoms with Gasteiger partial charge in [-0.3, -0.25) is 9.79 Å². The van der Waals surface area contributed by atoms with Crippen LogP contribution in [0, 0.1) is 0 Å². The Bertz CT molecular complexity index is 1040. The number of aliphatic imine (C=N–C) groups is 1. The lowest BCUT2D eigenvalue weighted by atomic mass is 10.2.